The van der Waals surface area contributed by atoms with Crippen molar-refractivity contribution in [1.82, 2.24) is 10.2 Å². The number of thiophene rings is 1. The highest BCUT2D eigenvalue weighted by atomic mass is 32.2. The zero-order valence-corrected chi connectivity index (χ0v) is 12.8. The molecule has 0 unspecified atom stereocenters. The van der Waals surface area contributed by atoms with Gasteiger partial charge in [0.25, 0.3) is 10.0 Å². The molecule has 0 amide bonds. The molecule has 7 heteroatoms. The fourth-order valence-corrected chi connectivity index (χ4v) is 4.16. The fourth-order valence-electron chi connectivity index (χ4n) is 1.88. The molecule has 0 saturated carbocycles. The van der Waals surface area contributed by atoms with Gasteiger partial charge in [-0.05, 0) is 24.6 Å². The molecule has 5 nitrogen and oxygen atoms in total. The second-order valence-electron chi connectivity index (χ2n) is 4.50. The molecule has 0 aliphatic carbocycles. The number of aromatic amines is 1. The van der Waals surface area contributed by atoms with Crippen molar-refractivity contribution < 1.29 is 8.42 Å². The Labute approximate surface area is 126 Å². The summed E-state index contributed by atoms with van der Waals surface area (Å²) in [6.07, 6.45) is 0. The lowest BCUT2D eigenvalue weighted by Crippen LogP contribution is -2.11. The summed E-state index contributed by atoms with van der Waals surface area (Å²) in [5, 5.41) is 6.83. The van der Waals surface area contributed by atoms with Crippen LogP contribution in [-0.2, 0) is 10.0 Å². The summed E-state index contributed by atoms with van der Waals surface area (Å²) < 4.78 is 27.2. The number of sulfonamides is 1. The molecule has 21 heavy (non-hydrogen) atoms. The lowest BCUT2D eigenvalue weighted by molar-refractivity contribution is 0.603. The van der Waals surface area contributed by atoms with Gasteiger partial charge in [-0.3, -0.25) is 9.82 Å². The number of H-pyrrole nitrogens is 1. The largest absolute Gasteiger partial charge is 0.276 e. The Morgan fingerprint density at radius 1 is 1.14 bits per heavy atom. The Morgan fingerprint density at radius 2 is 1.90 bits per heavy atom. The zero-order chi connectivity index (χ0) is 14.9. The number of aryl methyl sites for hydroxylation is 1. The third-order valence-electron chi connectivity index (χ3n) is 2.88. The van der Waals surface area contributed by atoms with Crippen LogP contribution in [0.2, 0.25) is 0 Å². The Balaban J connectivity index is 1.85. The Hall–Kier alpha value is -2.12. The number of nitrogens with one attached hydrogen (secondary N) is 2. The standard InChI is InChI=1S/C14H13N3O2S2/c1-10-7-8-14(20-10)21(18,19)17-13-9-12(15-16-13)11-5-3-2-4-6-11/h2-9H,1H3,(H2,15,16,17). The van der Waals surface area contributed by atoms with E-state index in [9.17, 15) is 8.42 Å². The third kappa shape index (κ3) is 2.98. The minimum absolute atomic E-state index is 0.278. The van der Waals surface area contributed by atoms with Crippen LogP contribution in [0.15, 0.2) is 52.7 Å². The van der Waals surface area contributed by atoms with Gasteiger partial charge in [-0.15, -0.1) is 11.3 Å². The van der Waals surface area contributed by atoms with E-state index in [0.717, 1.165) is 16.1 Å². The molecule has 0 saturated heterocycles. The van der Waals surface area contributed by atoms with Gasteiger partial charge in [0, 0.05) is 10.9 Å². The van der Waals surface area contributed by atoms with Crippen molar-refractivity contribution >= 4 is 27.2 Å². The zero-order valence-electron chi connectivity index (χ0n) is 11.2. The Bertz CT molecular complexity index is 851. The number of benzene rings is 1. The summed E-state index contributed by atoms with van der Waals surface area (Å²) in [6.45, 7) is 1.87. The average molecular weight is 319 g/mol. The molecular formula is C14H13N3O2S2. The summed E-state index contributed by atoms with van der Waals surface area (Å²) in [4.78, 5) is 0.947. The van der Waals surface area contributed by atoms with Crippen molar-refractivity contribution in [2.75, 3.05) is 4.72 Å². The van der Waals surface area contributed by atoms with Crippen LogP contribution < -0.4 is 4.72 Å². The van der Waals surface area contributed by atoms with Crippen LogP contribution in [0.1, 0.15) is 4.88 Å². The Morgan fingerprint density at radius 3 is 2.57 bits per heavy atom. The molecule has 0 spiro atoms. The topological polar surface area (TPSA) is 74.8 Å². The first-order valence-corrected chi connectivity index (χ1v) is 8.55. The molecule has 2 N–H and O–H groups in total. The van der Waals surface area contributed by atoms with Crippen LogP contribution in [0.5, 0.6) is 0 Å². The summed E-state index contributed by atoms with van der Waals surface area (Å²) in [5.74, 6) is 0.278. The molecule has 0 bridgehead atoms. The van der Waals surface area contributed by atoms with E-state index in [1.807, 2.05) is 37.3 Å². The fraction of sp³-hybridized carbons (Fsp3) is 0.0714. The Kier molecular flexibility index (Phi) is 3.52. The van der Waals surface area contributed by atoms with Crippen molar-refractivity contribution in [2.24, 2.45) is 0 Å². The number of aromatic nitrogens is 2. The van der Waals surface area contributed by atoms with Crippen LogP contribution in [0.25, 0.3) is 11.3 Å². The van der Waals surface area contributed by atoms with Gasteiger partial charge >= 0.3 is 0 Å². The number of hydrogen-bond acceptors (Lipinski definition) is 4. The predicted octanol–water partition coefficient (Wildman–Crippen LogP) is 3.25. The molecule has 3 aromatic rings. The van der Waals surface area contributed by atoms with Gasteiger partial charge < -0.3 is 0 Å². The summed E-state index contributed by atoms with van der Waals surface area (Å²) in [6, 6.07) is 14.6. The molecule has 3 rings (SSSR count). The smallest absolute Gasteiger partial charge is 0.272 e. The quantitative estimate of drug-likeness (QED) is 0.775. The van der Waals surface area contributed by atoms with Crippen molar-refractivity contribution in [1.29, 1.82) is 0 Å². The molecule has 0 fully saturated rings. The van der Waals surface area contributed by atoms with Gasteiger partial charge in [0.05, 0.1) is 5.69 Å². The van der Waals surface area contributed by atoms with E-state index in [4.69, 9.17) is 0 Å². The minimum Gasteiger partial charge on any atom is -0.276 e. The van der Waals surface area contributed by atoms with Gasteiger partial charge in [0.1, 0.15) is 4.21 Å². The second kappa shape index (κ2) is 5.34. The summed E-state index contributed by atoms with van der Waals surface area (Å²) in [7, 11) is -3.58. The SMILES string of the molecule is Cc1ccc(S(=O)(=O)Nc2cc(-c3ccccc3)[nH]n2)s1. The molecular weight excluding hydrogens is 306 g/mol. The van der Waals surface area contributed by atoms with Crippen molar-refractivity contribution in [3.8, 4) is 11.3 Å². The monoisotopic (exact) mass is 319 g/mol. The van der Waals surface area contributed by atoms with Crippen LogP contribution in [0, 0.1) is 6.92 Å². The third-order valence-corrected chi connectivity index (χ3v) is 5.73. The molecule has 0 aliphatic heterocycles. The number of rotatable bonds is 4. The maximum Gasteiger partial charge on any atom is 0.272 e. The molecule has 1 aromatic carbocycles. The van der Waals surface area contributed by atoms with Crippen LogP contribution in [0.3, 0.4) is 0 Å². The highest BCUT2D eigenvalue weighted by Gasteiger charge is 2.17. The van der Waals surface area contributed by atoms with E-state index >= 15 is 0 Å². The average Bonchev–Trinajstić information content (AvgIpc) is 3.09. The van der Waals surface area contributed by atoms with E-state index < -0.39 is 10.0 Å². The molecule has 0 atom stereocenters. The van der Waals surface area contributed by atoms with E-state index in [2.05, 4.69) is 14.9 Å². The van der Waals surface area contributed by atoms with E-state index in [-0.39, 0.29) is 10.0 Å². The van der Waals surface area contributed by atoms with Crippen molar-refractivity contribution in [2.45, 2.75) is 11.1 Å². The molecule has 2 aromatic heterocycles. The lowest BCUT2D eigenvalue weighted by Gasteiger charge is -2.01. The number of hydrogen-bond donors (Lipinski definition) is 2. The summed E-state index contributed by atoms with van der Waals surface area (Å²) in [5.41, 5.74) is 1.71. The van der Waals surface area contributed by atoms with Gasteiger partial charge in [0.2, 0.25) is 0 Å². The normalized spacial score (nSPS) is 11.5. The lowest BCUT2D eigenvalue weighted by atomic mass is 10.2. The highest BCUT2D eigenvalue weighted by molar-refractivity contribution is 7.94. The van der Waals surface area contributed by atoms with E-state index in [1.165, 1.54) is 11.3 Å². The summed E-state index contributed by atoms with van der Waals surface area (Å²) >= 11 is 1.23. The van der Waals surface area contributed by atoms with E-state index in [0.29, 0.717) is 0 Å². The highest BCUT2D eigenvalue weighted by Crippen LogP contribution is 2.24. The first-order chi connectivity index (χ1) is 10.0. The minimum atomic E-state index is -3.58. The maximum atomic E-state index is 12.2. The van der Waals surface area contributed by atoms with Crippen LogP contribution >= 0.6 is 11.3 Å². The second-order valence-corrected chi connectivity index (χ2v) is 7.70. The van der Waals surface area contributed by atoms with Gasteiger partial charge in [0.15, 0.2) is 5.82 Å². The van der Waals surface area contributed by atoms with Gasteiger partial charge in [-0.25, -0.2) is 8.42 Å². The molecule has 0 radical (unpaired) electrons. The number of nitrogens with zero attached hydrogens (tertiary/aromatic N) is 1. The molecule has 108 valence electrons. The maximum absolute atomic E-state index is 12.2. The first kappa shape index (κ1) is 13.8. The van der Waals surface area contributed by atoms with Gasteiger partial charge in [-0.1, -0.05) is 30.3 Å². The van der Waals surface area contributed by atoms with Crippen molar-refractivity contribution in [3.63, 3.8) is 0 Å². The first-order valence-electron chi connectivity index (χ1n) is 6.25. The molecule has 2 heterocycles. The van der Waals surface area contributed by atoms with Crippen LogP contribution in [0.4, 0.5) is 5.82 Å². The predicted molar refractivity (Wildman–Crippen MR) is 83.9 cm³/mol. The number of anilines is 1. The molecule has 0 aliphatic rings. The van der Waals surface area contributed by atoms with E-state index in [1.54, 1.807) is 18.2 Å². The van der Waals surface area contributed by atoms with Crippen molar-refractivity contribution in [3.05, 3.63) is 53.4 Å². The van der Waals surface area contributed by atoms with Gasteiger partial charge in [-0.2, -0.15) is 5.10 Å². The van der Waals surface area contributed by atoms with Crippen LogP contribution in [-0.4, -0.2) is 18.6 Å².